The van der Waals surface area contributed by atoms with Crippen molar-refractivity contribution >= 4 is 17.9 Å². The van der Waals surface area contributed by atoms with Crippen LogP contribution in [0.3, 0.4) is 0 Å². The van der Waals surface area contributed by atoms with Gasteiger partial charge in [-0.25, -0.2) is 0 Å². The topological polar surface area (TPSA) is 35.5 Å². The summed E-state index contributed by atoms with van der Waals surface area (Å²) in [6.45, 7) is 6.10. The van der Waals surface area contributed by atoms with E-state index in [1.807, 2.05) is 73.7 Å². The summed E-state index contributed by atoms with van der Waals surface area (Å²) in [4.78, 5) is 12.7. The average Bonchev–Trinajstić information content (AvgIpc) is 3.03. The van der Waals surface area contributed by atoms with E-state index in [1.54, 1.807) is 12.1 Å². The molecule has 3 nitrogen and oxygen atoms in total. The number of hydrogen-bond acceptors (Lipinski definition) is 3. The molecule has 0 aliphatic carbocycles. The minimum Gasteiger partial charge on any atom is -0.489 e. The van der Waals surface area contributed by atoms with E-state index in [1.165, 1.54) is 0 Å². The van der Waals surface area contributed by atoms with E-state index in [4.69, 9.17) is 9.47 Å². The molecule has 0 radical (unpaired) electrons. The number of ether oxygens (including phenoxy) is 2. The zero-order valence-electron chi connectivity index (χ0n) is 15.6. The zero-order chi connectivity index (χ0) is 19.5. The van der Waals surface area contributed by atoms with Gasteiger partial charge in [0.05, 0.1) is 5.56 Å². The lowest BCUT2D eigenvalue weighted by Crippen LogP contribution is -2.00. The van der Waals surface area contributed by atoms with E-state index in [0.717, 1.165) is 22.3 Å². The molecule has 1 aliphatic rings. The minimum atomic E-state index is -0.0945. The maximum atomic E-state index is 12.7. The molecule has 0 bridgehead atoms. The highest BCUT2D eigenvalue weighted by atomic mass is 16.5. The molecule has 0 atom stereocenters. The fraction of sp³-hybridized carbons (Fsp3) is 0.0800. The number of rotatable bonds is 5. The highest BCUT2D eigenvalue weighted by molar-refractivity contribution is 6.15. The Morgan fingerprint density at radius 1 is 1.00 bits per heavy atom. The van der Waals surface area contributed by atoms with E-state index >= 15 is 0 Å². The number of fused-ring (bicyclic) bond motifs is 1. The maximum Gasteiger partial charge on any atom is 0.232 e. The molecule has 1 heterocycles. The van der Waals surface area contributed by atoms with Crippen molar-refractivity contribution in [2.45, 2.75) is 13.5 Å². The Kier molecular flexibility index (Phi) is 4.81. The SMILES string of the molecule is C=Cc1ccc(COc2cc(C)c3c(c2)O/C(=C\c2ccccc2)C3=O)cc1. The lowest BCUT2D eigenvalue weighted by molar-refractivity contribution is 0.101. The molecule has 3 aromatic carbocycles. The van der Waals surface area contributed by atoms with Gasteiger partial charge in [-0.15, -0.1) is 0 Å². The molecule has 28 heavy (non-hydrogen) atoms. The van der Waals surface area contributed by atoms with E-state index in [2.05, 4.69) is 6.58 Å². The van der Waals surface area contributed by atoms with Crippen LogP contribution in [0.2, 0.25) is 0 Å². The van der Waals surface area contributed by atoms with E-state index < -0.39 is 0 Å². The van der Waals surface area contributed by atoms with Gasteiger partial charge in [0.2, 0.25) is 5.78 Å². The predicted molar refractivity (Wildman–Crippen MR) is 111 cm³/mol. The molecule has 3 aromatic rings. The second-order valence-corrected chi connectivity index (χ2v) is 6.70. The van der Waals surface area contributed by atoms with Crippen LogP contribution in [0.15, 0.2) is 79.1 Å². The number of Topliss-reactive ketones (excluding diaryl/α,β-unsaturated/α-hetero) is 1. The summed E-state index contributed by atoms with van der Waals surface area (Å²) in [7, 11) is 0. The molecule has 0 amide bonds. The lowest BCUT2D eigenvalue weighted by atomic mass is 10.0. The molecule has 0 N–H and O–H groups in total. The third kappa shape index (κ3) is 3.60. The summed E-state index contributed by atoms with van der Waals surface area (Å²) in [5.74, 6) is 1.46. The van der Waals surface area contributed by atoms with Gasteiger partial charge in [0.1, 0.15) is 18.1 Å². The van der Waals surface area contributed by atoms with Crippen LogP contribution >= 0.6 is 0 Å². The first-order valence-electron chi connectivity index (χ1n) is 9.12. The van der Waals surface area contributed by atoms with Crippen LogP contribution in [0.25, 0.3) is 12.2 Å². The van der Waals surface area contributed by atoms with Gasteiger partial charge in [-0.3, -0.25) is 4.79 Å². The number of ketones is 1. The van der Waals surface area contributed by atoms with Crippen LogP contribution in [-0.2, 0) is 6.61 Å². The summed E-state index contributed by atoms with van der Waals surface area (Å²) in [5, 5.41) is 0. The first kappa shape index (κ1) is 17.8. The molecule has 0 unspecified atom stereocenters. The van der Waals surface area contributed by atoms with Crippen LogP contribution in [0.1, 0.15) is 32.6 Å². The largest absolute Gasteiger partial charge is 0.489 e. The Labute approximate surface area is 164 Å². The Balaban J connectivity index is 1.54. The van der Waals surface area contributed by atoms with Crippen molar-refractivity contribution < 1.29 is 14.3 Å². The predicted octanol–water partition coefficient (Wildman–Crippen LogP) is 5.83. The number of hydrogen-bond donors (Lipinski definition) is 0. The van der Waals surface area contributed by atoms with Crippen molar-refractivity contribution in [3.8, 4) is 11.5 Å². The summed E-state index contributed by atoms with van der Waals surface area (Å²) in [6, 6.07) is 21.4. The second-order valence-electron chi connectivity index (χ2n) is 6.70. The molecule has 3 heteroatoms. The van der Waals surface area contributed by atoms with Crippen molar-refractivity contribution in [3.63, 3.8) is 0 Å². The van der Waals surface area contributed by atoms with Gasteiger partial charge >= 0.3 is 0 Å². The Morgan fingerprint density at radius 3 is 2.46 bits per heavy atom. The fourth-order valence-corrected chi connectivity index (χ4v) is 3.18. The van der Waals surface area contributed by atoms with Crippen LogP contribution in [0, 0.1) is 6.92 Å². The van der Waals surface area contributed by atoms with Gasteiger partial charge in [-0.05, 0) is 41.3 Å². The van der Waals surface area contributed by atoms with Crippen molar-refractivity contribution in [2.24, 2.45) is 0 Å². The lowest BCUT2D eigenvalue weighted by Gasteiger charge is -2.09. The monoisotopic (exact) mass is 368 g/mol. The zero-order valence-corrected chi connectivity index (χ0v) is 15.6. The highest BCUT2D eigenvalue weighted by Crippen LogP contribution is 2.37. The Hall–Kier alpha value is -3.59. The van der Waals surface area contributed by atoms with Crippen molar-refractivity contribution in [3.05, 3.63) is 107 Å². The molecule has 1 aliphatic heterocycles. The third-order valence-corrected chi connectivity index (χ3v) is 4.66. The van der Waals surface area contributed by atoms with Gasteiger partial charge in [-0.2, -0.15) is 0 Å². The van der Waals surface area contributed by atoms with Gasteiger partial charge in [-0.1, -0.05) is 67.3 Å². The molecule has 0 spiro atoms. The number of carbonyl (C=O) groups is 1. The number of benzene rings is 3. The second kappa shape index (κ2) is 7.57. The minimum absolute atomic E-state index is 0.0945. The highest BCUT2D eigenvalue weighted by Gasteiger charge is 2.30. The number of carbonyl (C=O) groups excluding carboxylic acids is 1. The van der Waals surface area contributed by atoms with Crippen molar-refractivity contribution in [2.75, 3.05) is 0 Å². The number of aryl methyl sites for hydroxylation is 1. The van der Waals surface area contributed by atoms with Crippen LogP contribution in [-0.4, -0.2) is 5.78 Å². The van der Waals surface area contributed by atoms with Crippen molar-refractivity contribution in [1.29, 1.82) is 0 Å². The summed E-state index contributed by atoms with van der Waals surface area (Å²) >= 11 is 0. The van der Waals surface area contributed by atoms with Gasteiger partial charge in [0.25, 0.3) is 0 Å². The third-order valence-electron chi connectivity index (χ3n) is 4.66. The maximum absolute atomic E-state index is 12.7. The summed E-state index contributed by atoms with van der Waals surface area (Å²) < 4.78 is 11.8. The van der Waals surface area contributed by atoms with Crippen LogP contribution < -0.4 is 9.47 Å². The molecular weight excluding hydrogens is 348 g/mol. The quantitative estimate of drug-likeness (QED) is 0.531. The Morgan fingerprint density at radius 2 is 1.75 bits per heavy atom. The van der Waals surface area contributed by atoms with Gasteiger partial charge in [0, 0.05) is 6.07 Å². The molecular formula is C25H20O3. The van der Waals surface area contributed by atoms with E-state index in [-0.39, 0.29) is 5.78 Å². The first-order chi connectivity index (χ1) is 13.6. The smallest absolute Gasteiger partial charge is 0.232 e. The van der Waals surface area contributed by atoms with Gasteiger partial charge < -0.3 is 9.47 Å². The molecule has 0 fully saturated rings. The Bertz CT molecular complexity index is 1060. The molecule has 0 saturated carbocycles. The molecule has 4 rings (SSSR count). The van der Waals surface area contributed by atoms with Crippen molar-refractivity contribution in [1.82, 2.24) is 0 Å². The fourth-order valence-electron chi connectivity index (χ4n) is 3.18. The molecule has 138 valence electrons. The standard InChI is InChI=1S/C25H20O3/c1-3-18-9-11-20(12-10-18)16-27-21-13-17(2)24-22(15-21)28-23(25(24)26)14-19-7-5-4-6-8-19/h3-15H,1,16H2,2H3/b23-14-. The molecule has 0 saturated heterocycles. The summed E-state index contributed by atoms with van der Waals surface area (Å²) in [5.41, 5.74) is 4.50. The van der Waals surface area contributed by atoms with E-state index in [9.17, 15) is 4.79 Å². The molecule has 0 aromatic heterocycles. The summed E-state index contributed by atoms with van der Waals surface area (Å²) in [6.07, 6.45) is 3.58. The van der Waals surface area contributed by atoms with Crippen LogP contribution in [0.5, 0.6) is 11.5 Å². The average molecular weight is 368 g/mol. The van der Waals surface area contributed by atoms with E-state index in [0.29, 0.717) is 29.4 Å². The van der Waals surface area contributed by atoms with Gasteiger partial charge in [0.15, 0.2) is 5.76 Å². The normalized spacial score (nSPS) is 13.9. The first-order valence-corrected chi connectivity index (χ1v) is 9.12. The number of allylic oxidation sites excluding steroid dienone is 1. The van der Waals surface area contributed by atoms with Crippen LogP contribution in [0.4, 0.5) is 0 Å².